The lowest BCUT2D eigenvalue weighted by molar-refractivity contribution is -0.132. The molecule has 3 aromatic carbocycles. The van der Waals surface area contributed by atoms with E-state index in [-0.39, 0.29) is 17.9 Å². The van der Waals surface area contributed by atoms with Crippen LogP contribution in [0.5, 0.6) is 0 Å². The highest BCUT2D eigenvalue weighted by Gasteiger charge is 2.47. The number of nitrogens with zero attached hydrogens (tertiary/aromatic N) is 2. The van der Waals surface area contributed by atoms with Gasteiger partial charge in [-0.15, -0.1) is 0 Å². The number of benzene rings is 3. The molecule has 0 saturated carbocycles. The average Bonchev–Trinajstić information content (AvgIpc) is 2.93. The number of hydrogen-bond donors (Lipinski definition) is 2. The van der Waals surface area contributed by atoms with E-state index >= 15 is 0 Å². The van der Waals surface area contributed by atoms with Crippen molar-refractivity contribution in [3.05, 3.63) is 107 Å². The molecular formula is C31H29ClN4O2. The van der Waals surface area contributed by atoms with Crippen LogP contribution in [0, 0.1) is 6.92 Å². The Morgan fingerprint density at radius 3 is 2.63 bits per heavy atom. The van der Waals surface area contributed by atoms with Crippen molar-refractivity contribution in [2.75, 3.05) is 16.8 Å². The van der Waals surface area contributed by atoms with Crippen LogP contribution in [0.4, 0.5) is 11.4 Å². The van der Waals surface area contributed by atoms with Gasteiger partial charge in [-0.3, -0.25) is 14.6 Å². The highest BCUT2D eigenvalue weighted by molar-refractivity contribution is 6.31. The highest BCUT2D eigenvalue weighted by atomic mass is 35.5. The zero-order valence-electron chi connectivity index (χ0n) is 21.1. The summed E-state index contributed by atoms with van der Waals surface area (Å²) < 4.78 is 0. The van der Waals surface area contributed by atoms with Crippen molar-refractivity contribution >= 4 is 51.8 Å². The lowest BCUT2D eigenvalue weighted by Gasteiger charge is -2.46. The van der Waals surface area contributed by atoms with Crippen LogP contribution in [0.1, 0.15) is 24.0 Å². The summed E-state index contributed by atoms with van der Waals surface area (Å²) in [6.07, 6.45) is 6.65. The lowest BCUT2D eigenvalue weighted by atomic mass is 9.92. The van der Waals surface area contributed by atoms with Crippen LogP contribution in [0.2, 0.25) is 5.02 Å². The largest absolute Gasteiger partial charge is 0.384 e. The van der Waals surface area contributed by atoms with E-state index in [1.165, 1.54) is 0 Å². The van der Waals surface area contributed by atoms with Gasteiger partial charge in [0.25, 0.3) is 5.91 Å². The van der Waals surface area contributed by atoms with Gasteiger partial charge in [0, 0.05) is 40.9 Å². The Labute approximate surface area is 227 Å². The summed E-state index contributed by atoms with van der Waals surface area (Å²) in [5, 5.41) is 7.97. The summed E-state index contributed by atoms with van der Waals surface area (Å²) in [5.41, 5.74) is 4.75. The molecule has 0 aliphatic carbocycles. The second-order valence-corrected chi connectivity index (χ2v) is 9.84. The molecule has 0 radical (unpaired) electrons. The molecule has 7 heteroatoms. The Balaban J connectivity index is 1.20. The third kappa shape index (κ3) is 5.71. The predicted octanol–water partition coefficient (Wildman–Crippen LogP) is 6.00. The monoisotopic (exact) mass is 524 g/mol. The van der Waals surface area contributed by atoms with Gasteiger partial charge >= 0.3 is 0 Å². The number of halogens is 1. The standard InChI is InChI=1S/C31H29ClN4O2/c1-21-9-13-24(14-10-21)36-28(16-11-22-6-3-2-4-7-22)30(31(36)38)35-29(37)8-5-18-33-26-17-19-34-27-20-23(32)12-15-25(26)27/h2-4,6-7,9-17,19-20,28,30H,5,8,18H2,1H3,(H,33,34)(H,35,37)/b16-11+/t28-,30+/m1/s1. The van der Waals surface area contributed by atoms with E-state index in [1.54, 1.807) is 11.1 Å². The van der Waals surface area contributed by atoms with E-state index in [0.29, 0.717) is 24.4 Å². The maximum absolute atomic E-state index is 13.1. The highest BCUT2D eigenvalue weighted by Crippen LogP contribution is 2.30. The Hall–Kier alpha value is -4.16. The molecule has 1 aliphatic rings. The maximum atomic E-state index is 13.1. The SMILES string of the molecule is Cc1ccc(N2C(=O)[C@@H](NC(=O)CCCNc3ccnc4cc(Cl)ccc34)[C@H]2/C=C/c2ccccc2)cc1. The molecule has 1 fully saturated rings. The molecule has 0 unspecified atom stereocenters. The van der Waals surface area contributed by atoms with Crippen LogP contribution in [0.3, 0.4) is 0 Å². The number of fused-ring (bicyclic) bond motifs is 1. The molecular weight excluding hydrogens is 496 g/mol. The van der Waals surface area contributed by atoms with E-state index < -0.39 is 6.04 Å². The van der Waals surface area contributed by atoms with Gasteiger partial charge in [0.15, 0.2) is 0 Å². The van der Waals surface area contributed by atoms with Gasteiger partial charge in [0.1, 0.15) is 6.04 Å². The molecule has 1 aliphatic heterocycles. The molecule has 2 amide bonds. The first-order valence-corrected chi connectivity index (χ1v) is 13.1. The number of amides is 2. The van der Waals surface area contributed by atoms with Crippen molar-refractivity contribution in [1.82, 2.24) is 10.3 Å². The first-order chi connectivity index (χ1) is 18.5. The van der Waals surface area contributed by atoms with E-state index in [2.05, 4.69) is 15.6 Å². The minimum atomic E-state index is -0.592. The number of nitrogens with one attached hydrogen (secondary N) is 2. The molecule has 1 saturated heterocycles. The smallest absolute Gasteiger partial charge is 0.252 e. The van der Waals surface area contributed by atoms with Crippen molar-refractivity contribution in [2.24, 2.45) is 0 Å². The van der Waals surface area contributed by atoms with E-state index in [1.807, 2.05) is 97.9 Å². The zero-order chi connectivity index (χ0) is 26.5. The van der Waals surface area contributed by atoms with Crippen molar-refractivity contribution in [2.45, 2.75) is 31.8 Å². The number of carbonyl (C=O) groups excluding carboxylic acids is 2. The van der Waals surface area contributed by atoms with Crippen LogP contribution in [-0.4, -0.2) is 35.4 Å². The number of anilines is 2. The number of carbonyl (C=O) groups is 2. The maximum Gasteiger partial charge on any atom is 0.252 e. The summed E-state index contributed by atoms with van der Waals surface area (Å²) in [6, 6.07) is 24.4. The second kappa shape index (κ2) is 11.5. The normalized spacial score (nSPS) is 17.0. The Morgan fingerprint density at radius 1 is 1.05 bits per heavy atom. The fourth-order valence-corrected chi connectivity index (χ4v) is 4.79. The number of pyridine rings is 1. The third-order valence-electron chi connectivity index (χ3n) is 6.66. The van der Waals surface area contributed by atoms with Crippen LogP contribution >= 0.6 is 11.6 Å². The topological polar surface area (TPSA) is 74.3 Å². The van der Waals surface area contributed by atoms with Crippen LogP contribution < -0.4 is 15.5 Å². The quantitative estimate of drug-likeness (QED) is 0.208. The average molecular weight is 525 g/mol. The Kier molecular flexibility index (Phi) is 7.70. The summed E-state index contributed by atoms with van der Waals surface area (Å²) in [6.45, 7) is 2.62. The van der Waals surface area contributed by atoms with Crippen molar-refractivity contribution in [3.8, 4) is 0 Å². The fourth-order valence-electron chi connectivity index (χ4n) is 4.63. The Bertz CT molecular complexity index is 1470. The van der Waals surface area contributed by atoms with Gasteiger partial charge < -0.3 is 15.5 Å². The molecule has 4 aromatic rings. The van der Waals surface area contributed by atoms with Crippen LogP contribution in [-0.2, 0) is 9.59 Å². The van der Waals surface area contributed by atoms with E-state index in [9.17, 15) is 9.59 Å². The minimum Gasteiger partial charge on any atom is -0.384 e. The molecule has 6 nitrogen and oxygen atoms in total. The number of β-lactam (4-membered cyclic amide) rings is 1. The van der Waals surface area contributed by atoms with Crippen molar-refractivity contribution in [3.63, 3.8) is 0 Å². The summed E-state index contributed by atoms with van der Waals surface area (Å²) in [4.78, 5) is 32.0. The number of hydrogen-bond acceptors (Lipinski definition) is 4. The van der Waals surface area contributed by atoms with Gasteiger partial charge in [0.05, 0.1) is 11.6 Å². The molecule has 5 rings (SSSR count). The van der Waals surface area contributed by atoms with Crippen LogP contribution in [0.25, 0.3) is 17.0 Å². The molecule has 0 spiro atoms. The third-order valence-corrected chi connectivity index (χ3v) is 6.89. The molecule has 2 atom stereocenters. The Morgan fingerprint density at radius 2 is 1.84 bits per heavy atom. The zero-order valence-corrected chi connectivity index (χ0v) is 21.9. The fraction of sp³-hybridized carbons (Fsp3) is 0.194. The predicted molar refractivity (Wildman–Crippen MR) is 154 cm³/mol. The lowest BCUT2D eigenvalue weighted by Crippen LogP contribution is -2.70. The first-order valence-electron chi connectivity index (χ1n) is 12.7. The number of aryl methyl sites for hydroxylation is 1. The molecule has 0 bridgehead atoms. The summed E-state index contributed by atoms with van der Waals surface area (Å²) in [7, 11) is 0. The van der Waals surface area contributed by atoms with Crippen molar-refractivity contribution in [1.29, 1.82) is 0 Å². The van der Waals surface area contributed by atoms with Gasteiger partial charge in [-0.2, -0.15) is 0 Å². The number of rotatable bonds is 9. The van der Waals surface area contributed by atoms with Gasteiger partial charge in [-0.1, -0.05) is 71.8 Å². The van der Waals surface area contributed by atoms with E-state index in [4.69, 9.17) is 11.6 Å². The molecule has 2 N–H and O–H groups in total. The van der Waals surface area contributed by atoms with Gasteiger partial charge in [0.2, 0.25) is 5.91 Å². The molecule has 1 aromatic heterocycles. The van der Waals surface area contributed by atoms with Crippen molar-refractivity contribution < 1.29 is 9.59 Å². The van der Waals surface area contributed by atoms with Gasteiger partial charge in [-0.25, -0.2) is 0 Å². The second-order valence-electron chi connectivity index (χ2n) is 9.40. The molecule has 2 heterocycles. The summed E-state index contributed by atoms with van der Waals surface area (Å²) in [5.74, 6) is -0.247. The minimum absolute atomic E-state index is 0.107. The van der Waals surface area contributed by atoms with Gasteiger partial charge in [-0.05, 0) is 55.3 Å². The molecule has 192 valence electrons. The number of aromatic nitrogens is 1. The first kappa shape index (κ1) is 25.5. The molecule has 38 heavy (non-hydrogen) atoms. The summed E-state index contributed by atoms with van der Waals surface area (Å²) >= 11 is 6.08. The van der Waals surface area contributed by atoms with Crippen LogP contribution in [0.15, 0.2) is 91.1 Å². The van der Waals surface area contributed by atoms with E-state index in [0.717, 1.165) is 33.4 Å².